The van der Waals surface area contributed by atoms with Gasteiger partial charge in [0, 0.05) is 0 Å². The summed E-state index contributed by atoms with van der Waals surface area (Å²) in [6.07, 6.45) is 0.869. The van der Waals surface area contributed by atoms with Gasteiger partial charge in [0.25, 0.3) is 0 Å². The summed E-state index contributed by atoms with van der Waals surface area (Å²) in [7, 11) is 0. The van der Waals surface area contributed by atoms with Crippen LogP contribution in [0.4, 0.5) is 5.69 Å². The first-order valence-corrected chi connectivity index (χ1v) is 6.05. The van der Waals surface area contributed by atoms with E-state index in [4.69, 9.17) is 22.1 Å². The molecule has 1 aromatic carbocycles. The van der Waals surface area contributed by atoms with Crippen molar-refractivity contribution >= 4 is 17.3 Å². The number of halogens is 1. The summed E-state index contributed by atoms with van der Waals surface area (Å²) in [5, 5.41) is 0.130. The molecule has 0 aliphatic rings. The SMILES string of the molecule is CCc1ccccc1Oc1nc(Cl)nc(C)c1N. The zero-order valence-electron chi connectivity index (χ0n) is 10.3. The highest BCUT2D eigenvalue weighted by atomic mass is 35.5. The Bertz CT molecular complexity index is 572. The van der Waals surface area contributed by atoms with Crippen molar-refractivity contribution in [1.82, 2.24) is 9.97 Å². The van der Waals surface area contributed by atoms with Crippen LogP contribution in [0.3, 0.4) is 0 Å². The largest absolute Gasteiger partial charge is 0.437 e. The van der Waals surface area contributed by atoms with Gasteiger partial charge in [-0.2, -0.15) is 4.98 Å². The van der Waals surface area contributed by atoms with E-state index in [9.17, 15) is 0 Å². The van der Waals surface area contributed by atoms with Crippen LogP contribution in [0.25, 0.3) is 0 Å². The molecule has 0 saturated carbocycles. The van der Waals surface area contributed by atoms with Crippen LogP contribution in [-0.2, 0) is 6.42 Å². The van der Waals surface area contributed by atoms with Gasteiger partial charge < -0.3 is 10.5 Å². The molecule has 0 saturated heterocycles. The second-order valence-electron chi connectivity index (χ2n) is 3.86. The Morgan fingerprint density at radius 1 is 1.28 bits per heavy atom. The van der Waals surface area contributed by atoms with Crippen molar-refractivity contribution in [2.45, 2.75) is 20.3 Å². The van der Waals surface area contributed by atoms with Crippen molar-refractivity contribution in [2.24, 2.45) is 0 Å². The highest BCUT2D eigenvalue weighted by Crippen LogP contribution is 2.30. The summed E-state index contributed by atoms with van der Waals surface area (Å²) in [5.74, 6) is 1.04. The van der Waals surface area contributed by atoms with Crippen LogP contribution in [0.2, 0.25) is 5.28 Å². The molecule has 0 aliphatic heterocycles. The van der Waals surface area contributed by atoms with Crippen molar-refractivity contribution in [2.75, 3.05) is 5.73 Å². The molecule has 0 unspecified atom stereocenters. The van der Waals surface area contributed by atoms with E-state index in [1.54, 1.807) is 6.92 Å². The van der Waals surface area contributed by atoms with Crippen LogP contribution < -0.4 is 10.5 Å². The number of para-hydroxylation sites is 1. The topological polar surface area (TPSA) is 61.0 Å². The van der Waals surface area contributed by atoms with Gasteiger partial charge in [-0.25, -0.2) is 4.98 Å². The van der Waals surface area contributed by atoms with Gasteiger partial charge in [-0.1, -0.05) is 25.1 Å². The molecule has 0 atom stereocenters. The number of benzene rings is 1. The number of hydrogen-bond donors (Lipinski definition) is 1. The minimum Gasteiger partial charge on any atom is -0.437 e. The van der Waals surface area contributed by atoms with E-state index >= 15 is 0 Å². The fourth-order valence-electron chi connectivity index (χ4n) is 1.60. The number of nitrogen functional groups attached to an aromatic ring is 1. The Hall–Kier alpha value is -1.81. The molecular formula is C13H14ClN3O. The highest BCUT2D eigenvalue weighted by molar-refractivity contribution is 6.28. The smallest absolute Gasteiger partial charge is 0.247 e. The van der Waals surface area contributed by atoms with E-state index in [0.29, 0.717) is 17.3 Å². The summed E-state index contributed by atoms with van der Waals surface area (Å²) in [6.45, 7) is 3.82. The third kappa shape index (κ3) is 2.54. The maximum Gasteiger partial charge on any atom is 0.247 e. The van der Waals surface area contributed by atoms with Gasteiger partial charge in [0.05, 0.1) is 5.69 Å². The molecule has 2 rings (SSSR count). The molecule has 5 heteroatoms. The quantitative estimate of drug-likeness (QED) is 0.863. The van der Waals surface area contributed by atoms with Gasteiger partial charge in [-0.3, -0.25) is 0 Å². The Balaban J connectivity index is 2.40. The number of nitrogens with two attached hydrogens (primary N) is 1. The van der Waals surface area contributed by atoms with Crippen molar-refractivity contribution < 1.29 is 4.74 Å². The van der Waals surface area contributed by atoms with Crippen molar-refractivity contribution in [3.05, 3.63) is 40.8 Å². The Morgan fingerprint density at radius 2 is 2.00 bits per heavy atom. The number of aryl methyl sites for hydroxylation is 2. The van der Waals surface area contributed by atoms with Crippen molar-refractivity contribution in [1.29, 1.82) is 0 Å². The highest BCUT2D eigenvalue weighted by Gasteiger charge is 2.11. The van der Waals surface area contributed by atoms with Crippen molar-refractivity contribution in [3.8, 4) is 11.6 Å². The summed E-state index contributed by atoms with van der Waals surface area (Å²) in [6, 6.07) is 7.75. The van der Waals surface area contributed by atoms with Gasteiger partial charge >= 0.3 is 0 Å². The average Bonchev–Trinajstić information content (AvgIpc) is 2.36. The standard InChI is InChI=1S/C13H14ClN3O/c1-3-9-6-4-5-7-10(9)18-12-11(15)8(2)16-13(14)17-12/h4-7H,3,15H2,1-2H3. The van der Waals surface area contributed by atoms with Crippen LogP contribution in [0.15, 0.2) is 24.3 Å². The van der Waals surface area contributed by atoms with Gasteiger partial charge in [0.2, 0.25) is 11.2 Å². The molecular weight excluding hydrogens is 250 g/mol. The van der Waals surface area contributed by atoms with Crippen LogP contribution in [0.5, 0.6) is 11.6 Å². The van der Waals surface area contributed by atoms with E-state index in [1.165, 1.54) is 0 Å². The zero-order chi connectivity index (χ0) is 13.1. The number of rotatable bonds is 3. The second kappa shape index (κ2) is 5.23. The maximum absolute atomic E-state index is 5.88. The average molecular weight is 264 g/mol. The zero-order valence-corrected chi connectivity index (χ0v) is 11.0. The Kier molecular flexibility index (Phi) is 3.67. The van der Waals surface area contributed by atoms with E-state index in [0.717, 1.165) is 17.7 Å². The van der Waals surface area contributed by atoms with Crippen LogP contribution in [0, 0.1) is 6.92 Å². The third-order valence-electron chi connectivity index (χ3n) is 2.63. The van der Waals surface area contributed by atoms with Crippen LogP contribution in [0.1, 0.15) is 18.2 Å². The van der Waals surface area contributed by atoms with Crippen LogP contribution in [-0.4, -0.2) is 9.97 Å². The number of hydrogen-bond acceptors (Lipinski definition) is 4. The minimum atomic E-state index is 0.130. The second-order valence-corrected chi connectivity index (χ2v) is 4.20. The molecule has 0 radical (unpaired) electrons. The lowest BCUT2D eigenvalue weighted by Crippen LogP contribution is -2.01. The third-order valence-corrected chi connectivity index (χ3v) is 2.80. The predicted molar refractivity (Wildman–Crippen MR) is 72.1 cm³/mol. The van der Waals surface area contributed by atoms with Gasteiger partial charge in [-0.15, -0.1) is 0 Å². The predicted octanol–water partition coefficient (Wildman–Crippen LogP) is 3.38. The summed E-state index contributed by atoms with van der Waals surface area (Å²) >= 11 is 5.80. The first-order valence-electron chi connectivity index (χ1n) is 5.67. The summed E-state index contributed by atoms with van der Waals surface area (Å²) in [4.78, 5) is 7.98. The normalized spacial score (nSPS) is 10.4. The molecule has 4 nitrogen and oxygen atoms in total. The molecule has 1 heterocycles. The molecule has 0 amide bonds. The van der Waals surface area contributed by atoms with E-state index in [-0.39, 0.29) is 5.28 Å². The lowest BCUT2D eigenvalue weighted by Gasteiger charge is -2.11. The first kappa shape index (κ1) is 12.6. The fraction of sp³-hybridized carbons (Fsp3) is 0.231. The monoisotopic (exact) mass is 263 g/mol. The number of nitrogens with zero attached hydrogens (tertiary/aromatic N) is 2. The van der Waals surface area contributed by atoms with E-state index in [1.807, 2.05) is 24.3 Å². The molecule has 18 heavy (non-hydrogen) atoms. The van der Waals surface area contributed by atoms with Crippen molar-refractivity contribution in [3.63, 3.8) is 0 Å². The van der Waals surface area contributed by atoms with Gasteiger partial charge in [-0.05, 0) is 36.6 Å². The molecule has 94 valence electrons. The number of aromatic nitrogens is 2. The molecule has 0 bridgehead atoms. The number of ether oxygens (including phenoxy) is 1. The molecule has 2 aromatic rings. The molecule has 0 fully saturated rings. The number of anilines is 1. The maximum atomic E-state index is 5.88. The Labute approximate surface area is 111 Å². The summed E-state index contributed by atoms with van der Waals surface area (Å²) < 4.78 is 5.73. The lowest BCUT2D eigenvalue weighted by atomic mass is 10.1. The summed E-state index contributed by atoms with van der Waals surface area (Å²) in [5.41, 5.74) is 7.99. The lowest BCUT2D eigenvalue weighted by molar-refractivity contribution is 0.458. The van der Waals surface area contributed by atoms with E-state index < -0.39 is 0 Å². The molecule has 1 aromatic heterocycles. The molecule has 0 spiro atoms. The molecule has 2 N–H and O–H groups in total. The first-order chi connectivity index (χ1) is 8.61. The minimum absolute atomic E-state index is 0.130. The van der Waals surface area contributed by atoms with Crippen LogP contribution >= 0.6 is 11.6 Å². The fourth-order valence-corrected chi connectivity index (χ4v) is 1.80. The van der Waals surface area contributed by atoms with Gasteiger partial charge in [0.15, 0.2) is 0 Å². The Morgan fingerprint density at radius 3 is 2.72 bits per heavy atom. The van der Waals surface area contributed by atoms with E-state index in [2.05, 4.69) is 16.9 Å². The van der Waals surface area contributed by atoms with Gasteiger partial charge in [0.1, 0.15) is 11.4 Å². The molecule has 0 aliphatic carbocycles.